The Morgan fingerprint density at radius 1 is 1.43 bits per heavy atom. The van der Waals surface area contributed by atoms with Crippen molar-refractivity contribution < 1.29 is 17.9 Å². The van der Waals surface area contributed by atoms with Crippen molar-refractivity contribution in [3.05, 3.63) is 23.8 Å². The first kappa shape index (κ1) is 14.5. The molecule has 2 heterocycles. The molecule has 0 bridgehead atoms. The van der Waals surface area contributed by atoms with Crippen molar-refractivity contribution >= 4 is 21.6 Å². The van der Waals surface area contributed by atoms with Crippen molar-refractivity contribution in [1.82, 2.24) is 4.31 Å². The number of hydrogen-bond donors (Lipinski definition) is 1. The van der Waals surface area contributed by atoms with Gasteiger partial charge in [0.15, 0.2) is 0 Å². The third-order valence-electron chi connectivity index (χ3n) is 3.99. The molecule has 0 aliphatic carbocycles. The number of benzene rings is 1. The van der Waals surface area contributed by atoms with Crippen LogP contribution >= 0.6 is 0 Å². The van der Waals surface area contributed by atoms with Crippen molar-refractivity contribution in [3.63, 3.8) is 0 Å². The van der Waals surface area contributed by atoms with Crippen molar-refractivity contribution in [2.75, 3.05) is 25.6 Å². The molecular formula is C14H18N2O4S. The molecule has 21 heavy (non-hydrogen) atoms. The minimum Gasteiger partial charge on any atom is -0.383 e. The molecule has 1 aromatic carbocycles. The van der Waals surface area contributed by atoms with Crippen LogP contribution in [0.25, 0.3) is 0 Å². The van der Waals surface area contributed by atoms with E-state index >= 15 is 0 Å². The first-order valence-corrected chi connectivity index (χ1v) is 8.40. The molecule has 1 amide bonds. The number of methoxy groups -OCH3 is 1. The Morgan fingerprint density at radius 2 is 2.24 bits per heavy atom. The van der Waals surface area contributed by atoms with Crippen molar-refractivity contribution in [2.45, 2.75) is 30.2 Å². The maximum atomic E-state index is 12.8. The summed E-state index contributed by atoms with van der Waals surface area (Å²) in [6.07, 6.45) is 1.90. The zero-order chi connectivity index (χ0) is 15.0. The molecule has 0 saturated carbocycles. The molecule has 0 aromatic heterocycles. The van der Waals surface area contributed by atoms with E-state index in [1.165, 1.54) is 4.31 Å². The molecule has 1 atom stereocenters. The van der Waals surface area contributed by atoms with Crippen LogP contribution in [-0.2, 0) is 26.0 Å². The van der Waals surface area contributed by atoms with Crippen LogP contribution in [0.15, 0.2) is 23.1 Å². The second-order valence-corrected chi connectivity index (χ2v) is 7.30. The smallest absolute Gasteiger partial charge is 0.243 e. The number of anilines is 1. The summed E-state index contributed by atoms with van der Waals surface area (Å²) < 4.78 is 32.2. The van der Waals surface area contributed by atoms with Crippen LogP contribution in [-0.4, -0.2) is 44.9 Å². The number of ether oxygens (including phenoxy) is 1. The van der Waals surface area contributed by atoms with Gasteiger partial charge in [-0.2, -0.15) is 4.31 Å². The molecule has 3 rings (SSSR count). The zero-order valence-corrected chi connectivity index (χ0v) is 12.6. The van der Waals surface area contributed by atoms with E-state index in [9.17, 15) is 13.2 Å². The highest BCUT2D eigenvalue weighted by atomic mass is 32.2. The summed E-state index contributed by atoms with van der Waals surface area (Å²) in [7, 11) is -1.96. The average molecular weight is 310 g/mol. The SMILES string of the molecule is COCC1CCCN1S(=O)(=O)c1ccc2c(c1)CC(=O)N2. The molecule has 1 saturated heterocycles. The number of hydrogen-bond acceptors (Lipinski definition) is 4. The van der Waals surface area contributed by atoms with Crippen molar-refractivity contribution in [3.8, 4) is 0 Å². The predicted octanol–water partition coefficient (Wildman–Crippen LogP) is 0.981. The van der Waals surface area contributed by atoms with Crippen LogP contribution in [0.4, 0.5) is 5.69 Å². The van der Waals surface area contributed by atoms with Gasteiger partial charge in [-0.3, -0.25) is 4.79 Å². The Kier molecular flexibility index (Phi) is 3.73. The Bertz CT molecular complexity index is 672. The molecule has 1 fully saturated rings. The van der Waals surface area contributed by atoms with Crippen molar-refractivity contribution in [1.29, 1.82) is 0 Å². The molecule has 2 aliphatic heterocycles. The fraction of sp³-hybridized carbons (Fsp3) is 0.500. The quantitative estimate of drug-likeness (QED) is 0.899. The molecule has 7 heteroatoms. The van der Waals surface area contributed by atoms with Crippen LogP contribution < -0.4 is 5.32 Å². The lowest BCUT2D eigenvalue weighted by molar-refractivity contribution is -0.115. The van der Waals surface area contributed by atoms with Gasteiger partial charge in [0.25, 0.3) is 0 Å². The second kappa shape index (κ2) is 5.40. The number of rotatable bonds is 4. The van der Waals surface area contributed by atoms with Gasteiger partial charge in [-0.15, -0.1) is 0 Å². The Balaban J connectivity index is 1.92. The van der Waals surface area contributed by atoms with Gasteiger partial charge in [-0.05, 0) is 36.6 Å². The van der Waals surface area contributed by atoms with Gasteiger partial charge in [-0.25, -0.2) is 8.42 Å². The lowest BCUT2D eigenvalue weighted by Crippen LogP contribution is -2.38. The molecule has 6 nitrogen and oxygen atoms in total. The molecule has 114 valence electrons. The summed E-state index contributed by atoms with van der Waals surface area (Å²) in [6, 6.07) is 4.72. The molecule has 2 aliphatic rings. The third kappa shape index (κ3) is 2.56. The number of carbonyl (C=O) groups is 1. The number of amides is 1. The fourth-order valence-electron chi connectivity index (χ4n) is 2.99. The van der Waals surface area contributed by atoms with E-state index < -0.39 is 10.0 Å². The lowest BCUT2D eigenvalue weighted by atomic mass is 10.2. The number of fused-ring (bicyclic) bond motifs is 1. The summed E-state index contributed by atoms with van der Waals surface area (Å²) in [6.45, 7) is 0.925. The summed E-state index contributed by atoms with van der Waals surface area (Å²) in [4.78, 5) is 11.6. The Morgan fingerprint density at radius 3 is 3.00 bits per heavy atom. The molecule has 1 aromatic rings. The lowest BCUT2D eigenvalue weighted by Gasteiger charge is -2.23. The monoisotopic (exact) mass is 310 g/mol. The first-order valence-electron chi connectivity index (χ1n) is 6.96. The maximum absolute atomic E-state index is 12.8. The van der Waals surface area contributed by atoms with Crippen LogP contribution in [0.2, 0.25) is 0 Å². The van der Waals surface area contributed by atoms with Gasteiger partial charge >= 0.3 is 0 Å². The number of nitrogens with zero attached hydrogens (tertiary/aromatic N) is 1. The van der Waals surface area contributed by atoms with Gasteiger partial charge in [0.1, 0.15) is 0 Å². The zero-order valence-electron chi connectivity index (χ0n) is 11.8. The normalized spacial score (nSPS) is 22.3. The summed E-state index contributed by atoms with van der Waals surface area (Å²) >= 11 is 0. The van der Waals surface area contributed by atoms with E-state index in [-0.39, 0.29) is 23.3 Å². The molecule has 1 N–H and O–H groups in total. The van der Waals surface area contributed by atoms with Gasteiger partial charge < -0.3 is 10.1 Å². The predicted molar refractivity (Wildman–Crippen MR) is 77.6 cm³/mol. The van der Waals surface area contributed by atoms with Crippen LogP contribution in [0, 0.1) is 0 Å². The average Bonchev–Trinajstić information content (AvgIpc) is 3.03. The Labute approximate surface area is 124 Å². The molecule has 1 unspecified atom stereocenters. The fourth-order valence-corrected chi connectivity index (χ4v) is 4.72. The summed E-state index contributed by atoms with van der Waals surface area (Å²) in [5, 5.41) is 2.71. The first-order chi connectivity index (χ1) is 10.0. The topological polar surface area (TPSA) is 75.7 Å². The van der Waals surface area contributed by atoms with E-state index in [2.05, 4.69) is 5.32 Å². The standard InChI is InChI=1S/C14H18N2O4S/c1-20-9-11-3-2-6-16(11)21(18,19)12-4-5-13-10(7-12)8-14(17)15-13/h4-5,7,11H,2-3,6,8-9H2,1H3,(H,15,17). The van der Waals surface area contributed by atoms with Gasteiger partial charge in [0, 0.05) is 25.4 Å². The van der Waals surface area contributed by atoms with E-state index in [0.29, 0.717) is 18.8 Å². The number of nitrogens with one attached hydrogen (secondary N) is 1. The van der Waals surface area contributed by atoms with E-state index in [4.69, 9.17) is 4.74 Å². The largest absolute Gasteiger partial charge is 0.383 e. The Hall–Kier alpha value is -1.44. The van der Waals surface area contributed by atoms with Gasteiger partial charge in [0.05, 0.1) is 17.9 Å². The van der Waals surface area contributed by atoms with Gasteiger partial charge in [-0.1, -0.05) is 0 Å². The molecule has 0 spiro atoms. The van der Waals surface area contributed by atoms with Crippen molar-refractivity contribution in [2.24, 2.45) is 0 Å². The number of carbonyl (C=O) groups excluding carboxylic acids is 1. The van der Waals surface area contributed by atoms with Crippen LogP contribution in [0.1, 0.15) is 18.4 Å². The highest BCUT2D eigenvalue weighted by Gasteiger charge is 2.35. The van der Waals surface area contributed by atoms with Crippen LogP contribution in [0.5, 0.6) is 0 Å². The minimum atomic E-state index is -3.53. The highest BCUT2D eigenvalue weighted by molar-refractivity contribution is 7.89. The molecular weight excluding hydrogens is 292 g/mol. The molecule has 0 radical (unpaired) electrons. The summed E-state index contributed by atoms with van der Waals surface area (Å²) in [5.74, 6) is -0.0991. The number of sulfonamides is 1. The highest BCUT2D eigenvalue weighted by Crippen LogP contribution is 2.30. The van der Waals surface area contributed by atoms with E-state index in [1.54, 1.807) is 25.3 Å². The third-order valence-corrected chi connectivity index (χ3v) is 5.94. The summed E-state index contributed by atoms with van der Waals surface area (Å²) in [5.41, 5.74) is 1.44. The van der Waals surface area contributed by atoms with E-state index in [0.717, 1.165) is 18.4 Å². The van der Waals surface area contributed by atoms with Gasteiger partial charge in [0.2, 0.25) is 15.9 Å². The maximum Gasteiger partial charge on any atom is 0.243 e. The van der Waals surface area contributed by atoms with Crippen LogP contribution in [0.3, 0.4) is 0 Å². The minimum absolute atomic E-state index is 0.0991. The second-order valence-electron chi connectivity index (χ2n) is 5.41. The van der Waals surface area contributed by atoms with E-state index in [1.807, 2.05) is 0 Å².